The Morgan fingerprint density at radius 3 is 2.67 bits per heavy atom. The quantitative estimate of drug-likeness (QED) is 0.839. The van der Waals surface area contributed by atoms with Crippen molar-refractivity contribution in [2.24, 2.45) is 0 Å². The monoisotopic (exact) mass is 386 g/mol. The van der Waals surface area contributed by atoms with Gasteiger partial charge in [-0.05, 0) is 56.9 Å². The summed E-state index contributed by atoms with van der Waals surface area (Å²) in [5, 5.41) is 14.0. The number of carbonyl (C=O) groups excluding carboxylic acids is 2. The van der Waals surface area contributed by atoms with Crippen LogP contribution >= 0.6 is 11.3 Å². The van der Waals surface area contributed by atoms with Crippen molar-refractivity contribution in [1.82, 2.24) is 4.90 Å². The van der Waals surface area contributed by atoms with E-state index in [1.54, 1.807) is 24.3 Å². The Kier molecular flexibility index (Phi) is 5.60. The second-order valence-electron chi connectivity index (χ2n) is 6.71. The van der Waals surface area contributed by atoms with Crippen LogP contribution in [0.3, 0.4) is 0 Å². The normalized spacial score (nSPS) is 16.8. The Bertz CT molecular complexity index is 890. The van der Waals surface area contributed by atoms with Gasteiger partial charge in [0.15, 0.2) is 0 Å². The predicted octanol–water partition coefficient (Wildman–Crippen LogP) is 3.70. The minimum Gasteiger partial charge on any atom is -0.480 e. The van der Waals surface area contributed by atoms with Crippen LogP contribution in [-0.2, 0) is 4.79 Å². The summed E-state index contributed by atoms with van der Waals surface area (Å²) in [5.41, 5.74) is 2.45. The molecule has 1 atom stereocenters. The summed E-state index contributed by atoms with van der Waals surface area (Å²) in [6.07, 6.45) is 2.06. The van der Waals surface area contributed by atoms with Crippen molar-refractivity contribution < 1.29 is 19.5 Å². The zero-order valence-electron chi connectivity index (χ0n) is 15.3. The van der Waals surface area contributed by atoms with Gasteiger partial charge in [0.25, 0.3) is 11.8 Å². The second kappa shape index (κ2) is 7.92. The highest BCUT2D eigenvalue weighted by Gasteiger charge is 2.32. The highest BCUT2D eigenvalue weighted by Crippen LogP contribution is 2.24. The van der Waals surface area contributed by atoms with Crippen LogP contribution < -0.4 is 5.32 Å². The SMILES string of the molecule is Cc1scc(C(=O)Nc2cccc(C(=O)N3CCCCC3C(=O)O)c2)c1C. The first-order chi connectivity index (χ1) is 12.9. The smallest absolute Gasteiger partial charge is 0.326 e. The van der Waals surface area contributed by atoms with E-state index in [4.69, 9.17) is 0 Å². The van der Waals surface area contributed by atoms with Gasteiger partial charge in [-0.2, -0.15) is 0 Å². The molecule has 1 unspecified atom stereocenters. The average molecular weight is 386 g/mol. The third-order valence-electron chi connectivity index (χ3n) is 4.95. The molecule has 0 saturated carbocycles. The molecule has 142 valence electrons. The molecule has 1 aliphatic heterocycles. The van der Waals surface area contributed by atoms with E-state index in [-0.39, 0.29) is 11.8 Å². The van der Waals surface area contributed by atoms with Crippen LogP contribution in [0, 0.1) is 13.8 Å². The van der Waals surface area contributed by atoms with Gasteiger partial charge in [0.05, 0.1) is 5.56 Å². The summed E-state index contributed by atoms with van der Waals surface area (Å²) in [4.78, 5) is 39.3. The lowest BCUT2D eigenvalue weighted by Gasteiger charge is -2.33. The van der Waals surface area contributed by atoms with E-state index in [1.807, 2.05) is 19.2 Å². The molecule has 1 aliphatic rings. The van der Waals surface area contributed by atoms with Crippen LogP contribution in [0.4, 0.5) is 5.69 Å². The van der Waals surface area contributed by atoms with Gasteiger partial charge in [-0.1, -0.05) is 6.07 Å². The van der Waals surface area contributed by atoms with Crippen molar-refractivity contribution in [2.45, 2.75) is 39.2 Å². The molecule has 27 heavy (non-hydrogen) atoms. The van der Waals surface area contributed by atoms with E-state index >= 15 is 0 Å². The summed E-state index contributed by atoms with van der Waals surface area (Å²) in [7, 11) is 0. The van der Waals surface area contributed by atoms with Crippen LogP contribution in [0.5, 0.6) is 0 Å². The van der Waals surface area contributed by atoms with E-state index in [0.717, 1.165) is 23.3 Å². The summed E-state index contributed by atoms with van der Waals surface area (Å²) in [5.74, 6) is -1.51. The lowest BCUT2D eigenvalue weighted by molar-refractivity contribution is -0.143. The van der Waals surface area contributed by atoms with Crippen LogP contribution in [-0.4, -0.2) is 40.4 Å². The lowest BCUT2D eigenvalue weighted by atomic mass is 10.0. The van der Waals surface area contributed by atoms with E-state index in [9.17, 15) is 19.5 Å². The van der Waals surface area contributed by atoms with Crippen LogP contribution in [0.25, 0.3) is 0 Å². The number of carboxylic acids is 1. The van der Waals surface area contributed by atoms with Gasteiger partial charge in [-0.25, -0.2) is 4.79 Å². The predicted molar refractivity (Wildman–Crippen MR) is 104 cm³/mol. The van der Waals surface area contributed by atoms with Crippen molar-refractivity contribution in [2.75, 3.05) is 11.9 Å². The number of rotatable bonds is 4. The van der Waals surface area contributed by atoms with Gasteiger partial charge in [0.1, 0.15) is 6.04 Å². The number of aryl methyl sites for hydroxylation is 1. The molecule has 2 N–H and O–H groups in total. The maximum atomic E-state index is 12.8. The number of hydrogen-bond acceptors (Lipinski definition) is 4. The first kappa shape index (κ1) is 19.1. The first-order valence-electron chi connectivity index (χ1n) is 8.88. The number of piperidine rings is 1. The number of hydrogen-bond donors (Lipinski definition) is 2. The zero-order valence-corrected chi connectivity index (χ0v) is 16.1. The molecule has 2 aromatic rings. The summed E-state index contributed by atoms with van der Waals surface area (Å²) in [6.45, 7) is 4.30. The number of nitrogens with one attached hydrogen (secondary N) is 1. The average Bonchev–Trinajstić information content (AvgIpc) is 3.00. The Labute approximate surface area is 161 Å². The minimum atomic E-state index is -0.976. The number of thiophene rings is 1. The Morgan fingerprint density at radius 1 is 1.22 bits per heavy atom. The zero-order chi connectivity index (χ0) is 19.6. The van der Waals surface area contributed by atoms with Crippen LogP contribution in [0.1, 0.15) is 50.4 Å². The van der Waals surface area contributed by atoms with E-state index < -0.39 is 12.0 Å². The number of anilines is 1. The van der Waals surface area contributed by atoms with Gasteiger partial charge in [-0.15, -0.1) is 11.3 Å². The molecule has 0 bridgehead atoms. The maximum Gasteiger partial charge on any atom is 0.326 e. The number of nitrogens with zero attached hydrogens (tertiary/aromatic N) is 1. The van der Waals surface area contributed by atoms with Crippen molar-refractivity contribution in [3.63, 3.8) is 0 Å². The molecule has 0 radical (unpaired) electrons. The molecular formula is C20H22N2O4S. The molecule has 2 heterocycles. The Morgan fingerprint density at radius 2 is 2.00 bits per heavy atom. The molecule has 0 spiro atoms. The van der Waals surface area contributed by atoms with Crippen molar-refractivity contribution in [3.8, 4) is 0 Å². The molecule has 6 nitrogen and oxygen atoms in total. The molecule has 2 amide bonds. The number of amides is 2. The number of aliphatic carboxylic acids is 1. The lowest BCUT2D eigenvalue weighted by Crippen LogP contribution is -2.48. The molecule has 7 heteroatoms. The van der Waals surface area contributed by atoms with Crippen LogP contribution in [0.2, 0.25) is 0 Å². The fourth-order valence-electron chi connectivity index (χ4n) is 3.26. The third kappa shape index (κ3) is 4.03. The Hall–Kier alpha value is -2.67. The number of carboxylic acid groups (broad SMARTS) is 1. The van der Waals surface area contributed by atoms with E-state index in [2.05, 4.69) is 5.32 Å². The molecule has 1 aromatic heterocycles. The molecular weight excluding hydrogens is 364 g/mol. The number of likely N-dealkylation sites (tertiary alicyclic amines) is 1. The standard InChI is InChI=1S/C20H22N2O4S/c1-12-13(2)27-11-16(12)18(23)21-15-7-5-6-14(10-15)19(24)22-9-4-3-8-17(22)20(25)26/h5-7,10-11,17H,3-4,8-9H2,1-2H3,(H,21,23)(H,25,26). The first-order valence-corrected chi connectivity index (χ1v) is 9.76. The number of carbonyl (C=O) groups is 3. The van der Waals surface area contributed by atoms with Gasteiger partial charge >= 0.3 is 5.97 Å². The number of benzene rings is 1. The van der Waals surface area contributed by atoms with Gasteiger partial charge < -0.3 is 15.3 Å². The van der Waals surface area contributed by atoms with Crippen molar-refractivity contribution in [1.29, 1.82) is 0 Å². The minimum absolute atomic E-state index is 0.220. The highest BCUT2D eigenvalue weighted by molar-refractivity contribution is 7.10. The third-order valence-corrected chi connectivity index (χ3v) is 5.96. The molecule has 1 saturated heterocycles. The van der Waals surface area contributed by atoms with Gasteiger partial charge in [0.2, 0.25) is 0 Å². The Balaban J connectivity index is 1.78. The molecule has 1 fully saturated rings. The maximum absolute atomic E-state index is 12.8. The summed E-state index contributed by atoms with van der Waals surface area (Å²) in [6, 6.07) is 5.86. The second-order valence-corrected chi connectivity index (χ2v) is 7.80. The topological polar surface area (TPSA) is 86.7 Å². The molecule has 3 rings (SSSR count). The highest BCUT2D eigenvalue weighted by atomic mass is 32.1. The molecule has 0 aliphatic carbocycles. The van der Waals surface area contributed by atoms with Gasteiger partial charge in [-0.3, -0.25) is 9.59 Å². The van der Waals surface area contributed by atoms with Gasteiger partial charge in [0, 0.05) is 28.1 Å². The molecule has 1 aromatic carbocycles. The van der Waals surface area contributed by atoms with Crippen molar-refractivity contribution in [3.05, 3.63) is 51.2 Å². The van der Waals surface area contributed by atoms with E-state index in [0.29, 0.717) is 29.8 Å². The van der Waals surface area contributed by atoms with Crippen LogP contribution in [0.15, 0.2) is 29.6 Å². The summed E-state index contributed by atoms with van der Waals surface area (Å²) < 4.78 is 0. The van der Waals surface area contributed by atoms with E-state index in [1.165, 1.54) is 16.2 Å². The fourth-order valence-corrected chi connectivity index (χ4v) is 4.13. The summed E-state index contributed by atoms with van der Waals surface area (Å²) >= 11 is 1.52. The fraction of sp³-hybridized carbons (Fsp3) is 0.350. The largest absolute Gasteiger partial charge is 0.480 e. The van der Waals surface area contributed by atoms with Crippen molar-refractivity contribution >= 4 is 34.8 Å².